The molecule has 1 aromatic rings. The highest BCUT2D eigenvalue weighted by atomic mass is 79.9. The maximum absolute atomic E-state index is 11.9. The second-order valence-corrected chi connectivity index (χ2v) is 6.25. The Morgan fingerprint density at radius 1 is 1.56 bits per heavy atom. The molecule has 0 radical (unpaired) electrons. The van der Waals surface area contributed by atoms with Gasteiger partial charge in [0, 0.05) is 16.7 Å². The van der Waals surface area contributed by atoms with Crippen LogP contribution in [0.2, 0.25) is 0 Å². The van der Waals surface area contributed by atoms with Gasteiger partial charge >= 0.3 is 0 Å². The van der Waals surface area contributed by atoms with Crippen molar-refractivity contribution in [2.24, 2.45) is 11.3 Å². The number of nitrogens with two attached hydrogens (primary N) is 1. The summed E-state index contributed by atoms with van der Waals surface area (Å²) in [7, 11) is 0. The summed E-state index contributed by atoms with van der Waals surface area (Å²) in [6, 6.07) is 5.31. The monoisotopic (exact) mass is 332 g/mol. The van der Waals surface area contributed by atoms with Crippen molar-refractivity contribution in [3.05, 3.63) is 28.2 Å². The molecule has 2 rings (SSSR count). The van der Waals surface area contributed by atoms with E-state index in [0.29, 0.717) is 22.6 Å². The van der Waals surface area contributed by atoms with Gasteiger partial charge in [-0.2, -0.15) is 0 Å². The first kappa shape index (κ1) is 15.3. The summed E-state index contributed by atoms with van der Waals surface area (Å²) in [5.74, 6) is 0.515. The summed E-state index contributed by atoms with van der Waals surface area (Å²) < 4.78 is 0.884. The number of carbonyl (C=O) groups is 1. The SMILES string of the molecule is CC1(C)CC1CNC(=O)c1ccc(Br)cc1N.Cl. The number of nitrogens with one attached hydrogen (secondary N) is 1. The van der Waals surface area contributed by atoms with Gasteiger partial charge in [0.25, 0.3) is 5.91 Å². The van der Waals surface area contributed by atoms with Crippen molar-refractivity contribution in [3.8, 4) is 0 Å². The maximum Gasteiger partial charge on any atom is 0.253 e. The summed E-state index contributed by atoms with van der Waals surface area (Å²) in [4.78, 5) is 11.9. The van der Waals surface area contributed by atoms with Crippen molar-refractivity contribution in [2.45, 2.75) is 20.3 Å². The Balaban J connectivity index is 0.00000162. The van der Waals surface area contributed by atoms with Crippen molar-refractivity contribution in [1.29, 1.82) is 0 Å². The summed E-state index contributed by atoms with van der Waals surface area (Å²) in [6.45, 7) is 5.18. The molecule has 1 fully saturated rings. The third-order valence-electron chi connectivity index (χ3n) is 3.48. The predicted octanol–water partition coefficient (Wildman–Crippen LogP) is 3.23. The number of amides is 1. The highest BCUT2D eigenvalue weighted by Crippen LogP contribution is 2.50. The fraction of sp³-hybridized carbons (Fsp3) is 0.462. The molecule has 100 valence electrons. The first-order valence-corrected chi connectivity index (χ1v) is 6.53. The summed E-state index contributed by atoms with van der Waals surface area (Å²) in [5.41, 5.74) is 7.25. The number of hydrogen-bond acceptors (Lipinski definition) is 2. The van der Waals surface area contributed by atoms with E-state index < -0.39 is 0 Å². The van der Waals surface area contributed by atoms with Crippen LogP contribution < -0.4 is 11.1 Å². The smallest absolute Gasteiger partial charge is 0.253 e. The largest absolute Gasteiger partial charge is 0.398 e. The Morgan fingerprint density at radius 2 is 2.17 bits per heavy atom. The van der Waals surface area contributed by atoms with Gasteiger partial charge in [0.05, 0.1) is 5.56 Å². The van der Waals surface area contributed by atoms with Crippen LogP contribution in [0.4, 0.5) is 5.69 Å². The molecule has 0 spiro atoms. The molecule has 1 amide bonds. The van der Waals surface area contributed by atoms with E-state index in [4.69, 9.17) is 5.73 Å². The van der Waals surface area contributed by atoms with Crippen molar-refractivity contribution < 1.29 is 4.79 Å². The molecule has 0 heterocycles. The number of nitrogen functional groups attached to an aromatic ring is 1. The molecular weight excluding hydrogens is 316 g/mol. The van der Waals surface area contributed by atoms with Crippen LogP contribution in [0, 0.1) is 11.3 Å². The molecule has 1 atom stereocenters. The molecule has 3 nitrogen and oxygen atoms in total. The van der Waals surface area contributed by atoms with E-state index >= 15 is 0 Å². The minimum absolute atomic E-state index is 0. The fourth-order valence-corrected chi connectivity index (χ4v) is 2.35. The number of benzene rings is 1. The van der Waals surface area contributed by atoms with E-state index in [9.17, 15) is 4.79 Å². The highest BCUT2D eigenvalue weighted by molar-refractivity contribution is 9.10. The van der Waals surface area contributed by atoms with Crippen LogP contribution in [-0.2, 0) is 0 Å². The van der Waals surface area contributed by atoms with Gasteiger partial charge < -0.3 is 11.1 Å². The number of carbonyl (C=O) groups excluding carboxylic acids is 1. The minimum Gasteiger partial charge on any atom is -0.398 e. The summed E-state index contributed by atoms with van der Waals surface area (Å²) >= 11 is 3.32. The van der Waals surface area contributed by atoms with Gasteiger partial charge in [-0.3, -0.25) is 4.79 Å². The molecule has 0 bridgehead atoms. The topological polar surface area (TPSA) is 55.1 Å². The van der Waals surface area contributed by atoms with Gasteiger partial charge in [-0.15, -0.1) is 12.4 Å². The van der Waals surface area contributed by atoms with Crippen LogP contribution in [0.3, 0.4) is 0 Å². The van der Waals surface area contributed by atoms with Crippen LogP contribution in [0.1, 0.15) is 30.6 Å². The molecule has 1 aliphatic rings. The zero-order valence-electron chi connectivity index (χ0n) is 10.5. The molecule has 0 aliphatic heterocycles. The molecule has 1 aromatic carbocycles. The van der Waals surface area contributed by atoms with E-state index in [0.717, 1.165) is 11.0 Å². The Morgan fingerprint density at radius 3 is 2.67 bits per heavy atom. The molecular formula is C13H18BrClN2O. The predicted molar refractivity (Wildman–Crippen MR) is 80.0 cm³/mol. The number of hydrogen-bond donors (Lipinski definition) is 2. The van der Waals surface area contributed by atoms with E-state index in [-0.39, 0.29) is 18.3 Å². The van der Waals surface area contributed by atoms with Gasteiger partial charge in [-0.05, 0) is 36.0 Å². The van der Waals surface area contributed by atoms with Crippen LogP contribution >= 0.6 is 28.3 Å². The summed E-state index contributed by atoms with van der Waals surface area (Å²) in [6.07, 6.45) is 1.18. The van der Waals surface area contributed by atoms with Crippen molar-refractivity contribution in [2.75, 3.05) is 12.3 Å². The maximum atomic E-state index is 11.9. The molecule has 1 aliphatic carbocycles. The van der Waals surface area contributed by atoms with E-state index in [1.807, 2.05) is 6.07 Å². The average Bonchev–Trinajstić information content (AvgIpc) is 2.83. The van der Waals surface area contributed by atoms with E-state index in [1.54, 1.807) is 12.1 Å². The second-order valence-electron chi connectivity index (χ2n) is 5.33. The van der Waals surface area contributed by atoms with Gasteiger partial charge in [0.1, 0.15) is 0 Å². The molecule has 1 saturated carbocycles. The number of halogens is 2. The van der Waals surface area contributed by atoms with Gasteiger partial charge in [0.15, 0.2) is 0 Å². The normalized spacial score (nSPS) is 19.8. The highest BCUT2D eigenvalue weighted by Gasteiger charge is 2.45. The molecule has 3 N–H and O–H groups in total. The Bertz CT molecular complexity index is 462. The minimum atomic E-state index is -0.0855. The third kappa shape index (κ3) is 3.39. The molecule has 1 unspecified atom stereocenters. The van der Waals surface area contributed by atoms with Crippen LogP contribution in [0.15, 0.2) is 22.7 Å². The molecule has 5 heteroatoms. The fourth-order valence-electron chi connectivity index (χ4n) is 1.98. The quantitative estimate of drug-likeness (QED) is 0.834. The Hall–Kier alpha value is -0.740. The zero-order chi connectivity index (χ0) is 12.6. The van der Waals surface area contributed by atoms with E-state index in [2.05, 4.69) is 35.1 Å². The molecule has 0 saturated heterocycles. The van der Waals surface area contributed by atoms with Crippen LogP contribution in [0.5, 0.6) is 0 Å². The van der Waals surface area contributed by atoms with Crippen molar-refractivity contribution in [3.63, 3.8) is 0 Å². The average molecular weight is 334 g/mol. The lowest BCUT2D eigenvalue weighted by Crippen LogP contribution is -2.27. The Labute approximate surface area is 122 Å². The van der Waals surface area contributed by atoms with Crippen molar-refractivity contribution in [1.82, 2.24) is 5.32 Å². The van der Waals surface area contributed by atoms with E-state index in [1.165, 1.54) is 6.42 Å². The number of rotatable bonds is 3. The number of anilines is 1. The van der Waals surface area contributed by atoms with Gasteiger partial charge in [0.2, 0.25) is 0 Å². The molecule has 18 heavy (non-hydrogen) atoms. The zero-order valence-corrected chi connectivity index (χ0v) is 12.9. The van der Waals surface area contributed by atoms with Gasteiger partial charge in [-0.1, -0.05) is 29.8 Å². The standard InChI is InChI=1S/C13H17BrN2O.ClH/c1-13(2)6-8(13)7-16-12(17)10-4-3-9(14)5-11(10)15;/h3-5,8H,6-7,15H2,1-2H3,(H,16,17);1H. The molecule has 0 aromatic heterocycles. The third-order valence-corrected chi connectivity index (χ3v) is 3.98. The first-order chi connectivity index (χ1) is 7.90. The van der Waals surface area contributed by atoms with Crippen LogP contribution in [-0.4, -0.2) is 12.5 Å². The lowest BCUT2D eigenvalue weighted by Gasteiger charge is -2.08. The Kier molecular flexibility index (Phi) is 4.67. The first-order valence-electron chi connectivity index (χ1n) is 5.73. The summed E-state index contributed by atoms with van der Waals surface area (Å²) in [5, 5.41) is 2.94. The lowest BCUT2D eigenvalue weighted by atomic mass is 10.1. The second kappa shape index (κ2) is 5.49. The van der Waals surface area contributed by atoms with Gasteiger partial charge in [-0.25, -0.2) is 0 Å². The van der Waals surface area contributed by atoms with Crippen molar-refractivity contribution >= 4 is 39.9 Å². The van der Waals surface area contributed by atoms with Crippen LogP contribution in [0.25, 0.3) is 0 Å². The lowest BCUT2D eigenvalue weighted by molar-refractivity contribution is 0.0951.